The van der Waals surface area contributed by atoms with Crippen molar-refractivity contribution in [3.63, 3.8) is 0 Å². The molecule has 0 unspecified atom stereocenters. The second kappa shape index (κ2) is 4.31. The SMILES string of the molecule is Clc1ccc2c(c1)Oc1cccc3c1B2c1ccccc1O3. The molecule has 0 N–H and O–H groups in total. The number of hydrogen-bond acceptors (Lipinski definition) is 2. The summed E-state index contributed by atoms with van der Waals surface area (Å²) in [6.45, 7) is 0.122. The summed E-state index contributed by atoms with van der Waals surface area (Å²) < 4.78 is 12.1. The van der Waals surface area contributed by atoms with Crippen LogP contribution in [0.3, 0.4) is 0 Å². The number of fused-ring (bicyclic) bond motifs is 4. The molecular formula is C18H10BClO2. The average molecular weight is 305 g/mol. The highest BCUT2D eigenvalue weighted by molar-refractivity contribution is 6.98. The third-order valence-electron chi connectivity index (χ3n) is 4.27. The van der Waals surface area contributed by atoms with Crippen LogP contribution in [0.1, 0.15) is 0 Å². The lowest BCUT2D eigenvalue weighted by molar-refractivity contribution is 0.464. The van der Waals surface area contributed by atoms with Crippen molar-refractivity contribution in [2.45, 2.75) is 0 Å². The van der Waals surface area contributed by atoms with E-state index in [0.29, 0.717) is 5.02 Å². The molecule has 22 heavy (non-hydrogen) atoms. The maximum absolute atomic E-state index is 6.14. The summed E-state index contributed by atoms with van der Waals surface area (Å²) in [5.41, 5.74) is 3.38. The van der Waals surface area contributed by atoms with E-state index in [1.807, 2.05) is 54.6 Å². The van der Waals surface area contributed by atoms with Gasteiger partial charge in [-0.3, -0.25) is 0 Å². The Bertz CT molecular complexity index is 923. The second-order valence-electron chi connectivity index (χ2n) is 5.53. The molecule has 0 amide bonds. The van der Waals surface area contributed by atoms with Gasteiger partial charge in [0.05, 0.1) is 0 Å². The average Bonchev–Trinajstić information content (AvgIpc) is 2.54. The molecule has 0 atom stereocenters. The van der Waals surface area contributed by atoms with E-state index in [4.69, 9.17) is 21.1 Å². The molecule has 0 bridgehead atoms. The van der Waals surface area contributed by atoms with Crippen LogP contribution in [-0.2, 0) is 0 Å². The second-order valence-corrected chi connectivity index (χ2v) is 5.96. The standard InChI is InChI=1S/C18H10BClO2/c20-11-8-9-13-17(10-11)22-16-7-3-6-15-18(16)19(13)12-4-1-2-5-14(12)21-15/h1-10H. The maximum atomic E-state index is 6.14. The molecule has 3 aromatic rings. The molecule has 2 aliphatic rings. The highest BCUT2D eigenvalue weighted by Crippen LogP contribution is 2.34. The number of rotatable bonds is 0. The first-order valence-corrected chi connectivity index (χ1v) is 7.56. The molecule has 0 aliphatic carbocycles. The first kappa shape index (κ1) is 12.2. The Morgan fingerprint density at radius 1 is 0.682 bits per heavy atom. The number of benzene rings is 3. The summed E-state index contributed by atoms with van der Waals surface area (Å²) in [4.78, 5) is 0. The Balaban J connectivity index is 1.86. The van der Waals surface area contributed by atoms with Crippen LogP contribution in [0.25, 0.3) is 0 Å². The summed E-state index contributed by atoms with van der Waals surface area (Å²) >= 11 is 6.14. The molecular weight excluding hydrogens is 294 g/mol. The van der Waals surface area contributed by atoms with Crippen LogP contribution in [0.4, 0.5) is 0 Å². The van der Waals surface area contributed by atoms with E-state index < -0.39 is 0 Å². The zero-order valence-corrected chi connectivity index (χ0v) is 12.3. The zero-order valence-electron chi connectivity index (χ0n) is 11.5. The molecule has 2 aliphatic heterocycles. The predicted molar refractivity (Wildman–Crippen MR) is 89.1 cm³/mol. The Kier molecular flexibility index (Phi) is 2.39. The fourth-order valence-electron chi connectivity index (χ4n) is 3.35. The number of hydrogen-bond donors (Lipinski definition) is 0. The van der Waals surface area contributed by atoms with Crippen molar-refractivity contribution in [3.05, 3.63) is 65.7 Å². The van der Waals surface area contributed by atoms with Crippen LogP contribution in [0.2, 0.25) is 5.02 Å². The molecule has 0 saturated carbocycles. The lowest BCUT2D eigenvalue weighted by Crippen LogP contribution is -2.57. The van der Waals surface area contributed by atoms with E-state index in [9.17, 15) is 0 Å². The number of halogens is 1. The van der Waals surface area contributed by atoms with Gasteiger partial charge in [0.25, 0.3) is 6.71 Å². The van der Waals surface area contributed by atoms with Gasteiger partial charge in [-0.05, 0) is 41.3 Å². The minimum atomic E-state index is 0.122. The largest absolute Gasteiger partial charge is 0.458 e. The van der Waals surface area contributed by atoms with Crippen molar-refractivity contribution in [3.8, 4) is 23.0 Å². The van der Waals surface area contributed by atoms with Crippen LogP contribution in [-0.4, -0.2) is 6.71 Å². The molecule has 104 valence electrons. The van der Waals surface area contributed by atoms with Crippen molar-refractivity contribution < 1.29 is 9.47 Å². The van der Waals surface area contributed by atoms with E-state index in [1.54, 1.807) is 0 Å². The lowest BCUT2D eigenvalue weighted by Gasteiger charge is -2.32. The molecule has 0 aromatic heterocycles. The molecule has 5 rings (SSSR count). The van der Waals surface area contributed by atoms with Crippen molar-refractivity contribution in [2.75, 3.05) is 0 Å². The van der Waals surface area contributed by atoms with Gasteiger partial charge in [-0.25, -0.2) is 0 Å². The molecule has 0 radical (unpaired) electrons. The minimum Gasteiger partial charge on any atom is -0.458 e. The number of ether oxygens (including phenoxy) is 2. The topological polar surface area (TPSA) is 18.5 Å². The van der Waals surface area contributed by atoms with Gasteiger partial charge in [0.2, 0.25) is 0 Å². The summed E-state index contributed by atoms with van der Waals surface area (Å²) in [7, 11) is 0. The van der Waals surface area contributed by atoms with Crippen molar-refractivity contribution in [2.24, 2.45) is 0 Å². The Hall–Kier alpha value is -2.39. The van der Waals surface area contributed by atoms with Crippen LogP contribution < -0.4 is 25.9 Å². The van der Waals surface area contributed by atoms with Crippen LogP contribution in [0.15, 0.2) is 60.7 Å². The normalized spacial score (nSPS) is 13.4. The number of para-hydroxylation sites is 1. The Morgan fingerprint density at radius 2 is 1.36 bits per heavy atom. The van der Waals surface area contributed by atoms with Gasteiger partial charge in [0.1, 0.15) is 23.0 Å². The van der Waals surface area contributed by atoms with Crippen molar-refractivity contribution in [1.29, 1.82) is 0 Å². The van der Waals surface area contributed by atoms with E-state index in [2.05, 4.69) is 6.07 Å². The molecule has 2 nitrogen and oxygen atoms in total. The minimum absolute atomic E-state index is 0.122. The lowest BCUT2D eigenvalue weighted by atomic mass is 9.35. The first-order chi connectivity index (χ1) is 10.8. The van der Waals surface area contributed by atoms with E-state index in [0.717, 1.165) is 39.4 Å². The van der Waals surface area contributed by atoms with Crippen molar-refractivity contribution in [1.82, 2.24) is 0 Å². The van der Waals surface area contributed by atoms with Gasteiger partial charge in [-0.1, -0.05) is 41.9 Å². The molecule has 3 aromatic carbocycles. The smallest absolute Gasteiger partial charge is 0.260 e. The highest BCUT2D eigenvalue weighted by atomic mass is 35.5. The monoisotopic (exact) mass is 304 g/mol. The van der Waals surface area contributed by atoms with E-state index in [1.165, 1.54) is 0 Å². The van der Waals surface area contributed by atoms with Crippen LogP contribution >= 0.6 is 11.6 Å². The van der Waals surface area contributed by atoms with Gasteiger partial charge in [0, 0.05) is 10.5 Å². The molecule has 0 fully saturated rings. The fourth-order valence-corrected chi connectivity index (χ4v) is 3.51. The third kappa shape index (κ3) is 1.57. The van der Waals surface area contributed by atoms with Gasteiger partial charge < -0.3 is 9.47 Å². The maximum Gasteiger partial charge on any atom is 0.260 e. The third-order valence-corrected chi connectivity index (χ3v) is 4.51. The van der Waals surface area contributed by atoms with Gasteiger partial charge in [-0.15, -0.1) is 0 Å². The first-order valence-electron chi connectivity index (χ1n) is 7.18. The van der Waals surface area contributed by atoms with Crippen molar-refractivity contribution >= 4 is 34.7 Å². The Labute approximate surface area is 133 Å². The molecule has 2 heterocycles. The fraction of sp³-hybridized carbons (Fsp3) is 0. The quantitative estimate of drug-likeness (QED) is 0.409. The van der Waals surface area contributed by atoms with Gasteiger partial charge in [-0.2, -0.15) is 0 Å². The van der Waals surface area contributed by atoms with E-state index in [-0.39, 0.29) is 6.71 Å². The summed E-state index contributed by atoms with van der Waals surface area (Å²) in [6, 6.07) is 19.9. The Morgan fingerprint density at radius 3 is 2.23 bits per heavy atom. The van der Waals surface area contributed by atoms with Crippen LogP contribution in [0, 0.1) is 0 Å². The summed E-state index contributed by atoms with van der Waals surface area (Å²) in [6.07, 6.45) is 0. The molecule has 0 saturated heterocycles. The van der Waals surface area contributed by atoms with Gasteiger partial charge >= 0.3 is 0 Å². The zero-order chi connectivity index (χ0) is 14.7. The molecule has 0 spiro atoms. The predicted octanol–water partition coefficient (Wildman–Crippen LogP) is 3.07. The molecule has 4 heteroatoms. The summed E-state index contributed by atoms with van der Waals surface area (Å²) in [5, 5.41) is 0.679. The summed E-state index contributed by atoms with van der Waals surface area (Å²) in [5.74, 6) is 3.42. The van der Waals surface area contributed by atoms with Crippen LogP contribution in [0.5, 0.6) is 23.0 Å². The van der Waals surface area contributed by atoms with E-state index >= 15 is 0 Å². The van der Waals surface area contributed by atoms with Gasteiger partial charge in [0.15, 0.2) is 0 Å². The highest BCUT2D eigenvalue weighted by Gasteiger charge is 2.39.